The average molecular weight is 205 g/mol. The van der Waals surface area contributed by atoms with Crippen molar-refractivity contribution in [1.29, 1.82) is 0 Å². The first-order chi connectivity index (χ1) is 6.20. The number of hydrogen-bond acceptors (Lipinski definition) is 3. The van der Waals surface area contributed by atoms with Crippen LogP contribution in [0, 0.1) is 0 Å². The van der Waals surface area contributed by atoms with Crippen molar-refractivity contribution in [1.82, 2.24) is 5.32 Å². The molecule has 0 aromatic heterocycles. The monoisotopic (exact) mass is 205 g/mol. The van der Waals surface area contributed by atoms with Gasteiger partial charge in [-0.05, 0) is 39.0 Å². The van der Waals surface area contributed by atoms with Crippen molar-refractivity contribution in [2.75, 3.05) is 19.4 Å². The second-order valence-corrected chi connectivity index (χ2v) is 5.07. The summed E-state index contributed by atoms with van der Waals surface area (Å²) in [5, 5.41) is 12.5. The highest BCUT2D eigenvalue weighted by molar-refractivity contribution is 7.99. The number of hydrogen-bond donors (Lipinski definition) is 2. The van der Waals surface area contributed by atoms with Crippen LogP contribution in [0.5, 0.6) is 0 Å². The molecule has 2 nitrogen and oxygen atoms in total. The summed E-state index contributed by atoms with van der Waals surface area (Å²) in [6, 6.07) is 0.633. The van der Waals surface area contributed by atoms with Gasteiger partial charge in [-0.25, -0.2) is 0 Å². The lowest BCUT2D eigenvalue weighted by Crippen LogP contribution is -2.20. The Bertz CT molecular complexity index is 111. The Hall–Kier alpha value is 0.270. The number of rotatable bonds is 8. The van der Waals surface area contributed by atoms with E-state index in [4.69, 9.17) is 5.11 Å². The molecule has 0 saturated carbocycles. The summed E-state index contributed by atoms with van der Waals surface area (Å²) in [6.45, 7) is 4.71. The molecule has 0 heterocycles. The second kappa shape index (κ2) is 8.85. The van der Waals surface area contributed by atoms with Gasteiger partial charge in [0.15, 0.2) is 0 Å². The lowest BCUT2D eigenvalue weighted by Gasteiger charge is -2.11. The first kappa shape index (κ1) is 13.3. The molecule has 0 amide bonds. The minimum atomic E-state index is 0.321. The van der Waals surface area contributed by atoms with Crippen LogP contribution < -0.4 is 5.32 Å². The van der Waals surface area contributed by atoms with E-state index in [1.807, 2.05) is 18.8 Å². The smallest absolute Gasteiger partial charge is 0.0441 e. The number of aliphatic hydroxyl groups is 1. The zero-order chi connectivity index (χ0) is 10.1. The molecule has 0 aromatic carbocycles. The van der Waals surface area contributed by atoms with Crippen LogP contribution in [0.15, 0.2) is 0 Å². The predicted molar refractivity (Wildman–Crippen MR) is 61.4 cm³/mol. The SMILES string of the molecule is CNC(C)CCCSC(C)CCO. The third-order valence-corrected chi connectivity index (χ3v) is 3.54. The molecule has 2 unspecified atom stereocenters. The zero-order valence-corrected chi connectivity index (χ0v) is 9.86. The maximum absolute atomic E-state index is 8.70. The Morgan fingerprint density at radius 2 is 2.00 bits per heavy atom. The maximum Gasteiger partial charge on any atom is 0.0441 e. The summed E-state index contributed by atoms with van der Waals surface area (Å²) >= 11 is 1.97. The van der Waals surface area contributed by atoms with Gasteiger partial charge in [0.1, 0.15) is 0 Å². The quantitative estimate of drug-likeness (QED) is 0.593. The lowest BCUT2D eigenvalue weighted by molar-refractivity contribution is 0.289. The van der Waals surface area contributed by atoms with Crippen molar-refractivity contribution in [3.63, 3.8) is 0 Å². The molecule has 0 aliphatic rings. The third-order valence-electron chi connectivity index (χ3n) is 2.21. The molecule has 80 valence electrons. The van der Waals surface area contributed by atoms with Gasteiger partial charge in [-0.2, -0.15) is 11.8 Å². The Labute approximate surface area is 86.5 Å². The highest BCUT2D eigenvalue weighted by Gasteiger charge is 2.02. The highest BCUT2D eigenvalue weighted by atomic mass is 32.2. The van der Waals surface area contributed by atoms with Gasteiger partial charge in [-0.3, -0.25) is 0 Å². The Morgan fingerprint density at radius 3 is 2.54 bits per heavy atom. The Balaban J connectivity index is 3.15. The molecule has 0 saturated heterocycles. The molecule has 0 aliphatic heterocycles. The van der Waals surface area contributed by atoms with Crippen molar-refractivity contribution in [3.8, 4) is 0 Å². The first-order valence-corrected chi connectivity index (χ1v) is 6.15. The zero-order valence-electron chi connectivity index (χ0n) is 9.05. The predicted octanol–water partition coefficient (Wildman–Crippen LogP) is 1.88. The molecule has 0 fully saturated rings. The molecule has 2 N–H and O–H groups in total. The lowest BCUT2D eigenvalue weighted by atomic mass is 10.2. The van der Waals surface area contributed by atoms with E-state index in [1.54, 1.807) is 0 Å². The van der Waals surface area contributed by atoms with Gasteiger partial charge >= 0.3 is 0 Å². The molecular formula is C10H23NOS. The van der Waals surface area contributed by atoms with E-state index in [1.165, 1.54) is 18.6 Å². The van der Waals surface area contributed by atoms with Crippen LogP contribution in [0.1, 0.15) is 33.1 Å². The largest absolute Gasteiger partial charge is 0.396 e. The van der Waals surface area contributed by atoms with E-state index < -0.39 is 0 Å². The first-order valence-electron chi connectivity index (χ1n) is 5.10. The molecule has 3 heteroatoms. The highest BCUT2D eigenvalue weighted by Crippen LogP contribution is 2.15. The number of aliphatic hydroxyl groups excluding tert-OH is 1. The standard InChI is InChI=1S/C10H23NOS/c1-9(11-3)5-4-8-13-10(2)6-7-12/h9-12H,4-8H2,1-3H3. The minimum absolute atomic E-state index is 0.321. The van der Waals surface area contributed by atoms with Crippen LogP contribution in [0.4, 0.5) is 0 Å². The van der Waals surface area contributed by atoms with Crippen LogP contribution in [-0.4, -0.2) is 35.8 Å². The van der Waals surface area contributed by atoms with Crippen molar-refractivity contribution >= 4 is 11.8 Å². The van der Waals surface area contributed by atoms with E-state index in [2.05, 4.69) is 19.2 Å². The van der Waals surface area contributed by atoms with Gasteiger partial charge in [-0.1, -0.05) is 6.92 Å². The number of nitrogens with one attached hydrogen (secondary N) is 1. The van der Waals surface area contributed by atoms with Crippen molar-refractivity contribution in [3.05, 3.63) is 0 Å². The molecule has 0 bridgehead atoms. The van der Waals surface area contributed by atoms with Gasteiger partial charge in [-0.15, -0.1) is 0 Å². The molecule has 0 radical (unpaired) electrons. The Kier molecular flexibility index (Phi) is 9.03. The van der Waals surface area contributed by atoms with Gasteiger partial charge in [0.05, 0.1) is 0 Å². The number of thioether (sulfide) groups is 1. The Morgan fingerprint density at radius 1 is 1.31 bits per heavy atom. The van der Waals surface area contributed by atoms with Gasteiger partial charge < -0.3 is 10.4 Å². The van der Waals surface area contributed by atoms with E-state index in [9.17, 15) is 0 Å². The summed E-state index contributed by atoms with van der Waals surface area (Å²) < 4.78 is 0. The van der Waals surface area contributed by atoms with E-state index in [0.29, 0.717) is 17.9 Å². The van der Waals surface area contributed by atoms with E-state index >= 15 is 0 Å². The van der Waals surface area contributed by atoms with Crippen molar-refractivity contribution in [2.24, 2.45) is 0 Å². The van der Waals surface area contributed by atoms with Crippen LogP contribution in [0.25, 0.3) is 0 Å². The summed E-state index contributed by atoms with van der Waals surface area (Å²) in [5.74, 6) is 1.22. The topological polar surface area (TPSA) is 32.3 Å². The molecule has 0 aromatic rings. The molecule has 13 heavy (non-hydrogen) atoms. The fourth-order valence-corrected chi connectivity index (χ4v) is 2.09. The fourth-order valence-electron chi connectivity index (χ4n) is 1.08. The molecule has 0 spiro atoms. The minimum Gasteiger partial charge on any atom is -0.396 e. The molecule has 0 rings (SSSR count). The normalized spacial score (nSPS) is 15.7. The fraction of sp³-hybridized carbons (Fsp3) is 1.00. The summed E-state index contributed by atoms with van der Waals surface area (Å²) in [7, 11) is 2.01. The van der Waals surface area contributed by atoms with Gasteiger partial charge in [0.25, 0.3) is 0 Å². The summed E-state index contributed by atoms with van der Waals surface area (Å²) in [4.78, 5) is 0. The molecule has 0 aliphatic carbocycles. The summed E-state index contributed by atoms with van der Waals surface area (Å²) in [6.07, 6.45) is 3.43. The average Bonchev–Trinajstić information content (AvgIpc) is 2.12. The van der Waals surface area contributed by atoms with E-state index in [-0.39, 0.29) is 0 Å². The van der Waals surface area contributed by atoms with Crippen LogP contribution >= 0.6 is 11.8 Å². The third kappa shape index (κ3) is 8.60. The van der Waals surface area contributed by atoms with Gasteiger partial charge in [0.2, 0.25) is 0 Å². The second-order valence-electron chi connectivity index (χ2n) is 3.53. The van der Waals surface area contributed by atoms with Crippen molar-refractivity contribution < 1.29 is 5.11 Å². The van der Waals surface area contributed by atoms with E-state index in [0.717, 1.165) is 6.42 Å². The molecule has 2 atom stereocenters. The maximum atomic E-state index is 8.70. The van der Waals surface area contributed by atoms with Gasteiger partial charge in [0, 0.05) is 17.9 Å². The van der Waals surface area contributed by atoms with Crippen molar-refractivity contribution in [2.45, 2.75) is 44.4 Å². The van der Waals surface area contributed by atoms with Crippen LogP contribution in [0.3, 0.4) is 0 Å². The summed E-state index contributed by atoms with van der Waals surface area (Å²) in [5.41, 5.74) is 0. The van der Waals surface area contributed by atoms with Crippen LogP contribution in [-0.2, 0) is 0 Å². The molecular weight excluding hydrogens is 182 g/mol. The van der Waals surface area contributed by atoms with Crippen LogP contribution in [0.2, 0.25) is 0 Å².